The number of ether oxygens (including phenoxy) is 1. The third-order valence-corrected chi connectivity index (χ3v) is 5.70. The lowest BCUT2D eigenvalue weighted by Crippen LogP contribution is -2.24. The van der Waals surface area contributed by atoms with Gasteiger partial charge in [0.1, 0.15) is 5.75 Å². The Balaban J connectivity index is 1.88. The number of nitrogens with one attached hydrogen (secondary N) is 1. The van der Waals surface area contributed by atoms with Gasteiger partial charge in [-0.2, -0.15) is 0 Å². The standard InChI is InChI=1S/C20H24N2O4S/c1-14(2)26-19-8-5-4-7-17(19)21-27(24,25)16-10-11-18(15(3)13-16)22-12-6-9-20(22)23/h4-5,7-8,10-11,13-14,21H,6,9,12H2,1-3H3. The predicted octanol–water partition coefficient (Wildman–Crippen LogP) is 3.71. The molecule has 0 spiro atoms. The molecule has 1 aliphatic heterocycles. The fourth-order valence-corrected chi connectivity index (χ4v) is 4.27. The van der Waals surface area contributed by atoms with Gasteiger partial charge in [0.2, 0.25) is 5.91 Å². The van der Waals surface area contributed by atoms with Crippen molar-refractivity contribution >= 4 is 27.3 Å². The molecule has 0 aromatic heterocycles. The molecule has 1 aliphatic rings. The smallest absolute Gasteiger partial charge is 0.262 e. The maximum Gasteiger partial charge on any atom is 0.262 e. The van der Waals surface area contributed by atoms with Crippen LogP contribution in [-0.2, 0) is 14.8 Å². The van der Waals surface area contributed by atoms with Gasteiger partial charge in [-0.15, -0.1) is 0 Å². The Morgan fingerprint density at radius 1 is 1.15 bits per heavy atom. The largest absolute Gasteiger partial charge is 0.489 e. The molecule has 27 heavy (non-hydrogen) atoms. The average Bonchev–Trinajstić information content (AvgIpc) is 3.02. The highest BCUT2D eigenvalue weighted by Crippen LogP contribution is 2.30. The first kappa shape index (κ1) is 19.2. The molecular weight excluding hydrogens is 364 g/mol. The summed E-state index contributed by atoms with van der Waals surface area (Å²) in [5.41, 5.74) is 1.91. The summed E-state index contributed by atoms with van der Waals surface area (Å²) in [6.45, 7) is 6.25. The van der Waals surface area contributed by atoms with Crippen LogP contribution in [0.25, 0.3) is 0 Å². The van der Waals surface area contributed by atoms with Crippen LogP contribution >= 0.6 is 0 Å². The molecule has 1 fully saturated rings. The lowest BCUT2D eigenvalue weighted by Gasteiger charge is -2.19. The quantitative estimate of drug-likeness (QED) is 0.818. The van der Waals surface area contributed by atoms with Gasteiger partial charge in [0.25, 0.3) is 10.0 Å². The summed E-state index contributed by atoms with van der Waals surface area (Å²) in [7, 11) is -3.78. The molecule has 144 valence electrons. The van der Waals surface area contributed by atoms with Gasteiger partial charge in [-0.3, -0.25) is 9.52 Å². The number of benzene rings is 2. The molecule has 1 N–H and O–H groups in total. The molecule has 0 radical (unpaired) electrons. The maximum atomic E-state index is 12.8. The van der Waals surface area contributed by atoms with E-state index in [1.165, 1.54) is 6.07 Å². The normalized spacial score (nSPS) is 14.7. The van der Waals surface area contributed by atoms with Crippen molar-refractivity contribution in [1.82, 2.24) is 0 Å². The van der Waals surface area contributed by atoms with Crippen LogP contribution in [0, 0.1) is 6.92 Å². The van der Waals surface area contributed by atoms with E-state index < -0.39 is 10.0 Å². The Labute approximate surface area is 160 Å². The van der Waals surface area contributed by atoms with Crippen LogP contribution in [0.4, 0.5) is 11.4 Å². The first-order chi connectivity index (χ1) is 12.8. The van der Waals surface area contributed by atoms with E-state index >= 15 is 0 Å². The maximum absolute atomic E-state index is 12.8. The van der Waals surface area contributed by atoms with Crippen molar-refractivity contribution in [2.75, 3.05) is 16.2 Å². The number of para-hydroxylation sites is 2. The monoisotopic (exact) mass is 388 g/mol. The van der Waals surface area contributed by atoms with Crippen LogP contribution in [0.3, 0.4) is 0 Å². The van der Waals surface area contributed by atoms with Crippen molar-refractivity contribution < 1.29 is 17.9 Å². The Bertz CT molecular complexity index is 954. The second-order valence-corrected chi connectivity index (χ2v) is 8.55. The lowest BCUT2D eigenvalue weighted by molar-refractivity contribution is -0.117. The van der Waals surface area contributed by atoms with Crippen LogP contribution in [0.15, 0.2) is 47.4 Å². The molecule has 2 aromatic carbocycles. The fraction of sp³-hybridized carbons (Fsp3) is 0.350. The summed E-state index contributed by atoms with van der Waals surface area (Å²) < 4.78 is 34.0. The number of rotatable bonds is 6. The van der Waals surface area contributed by atoms with Gasteiger partial charge < -0.3 is 9.64 Å². The Morgan fingerprint density at radius 3 is 2.52 bits per heavy atom. The minimum absolute atomic E-state index is 0.0739. The SMILES string of the molecule is Cc1cc(S(=O)(=O)Nc2ccccc2OC(C)C)ccc1N1CCCC1=O. The van der Waals surface area contributed by atoms with Crippen LogP contribution in [0.1, 0.15) is 32.3 Å². The summed E-state index contributed by atoms with van der Waals surface area (Å²) >= 11 is 0. The van der Waals surface area contributed by atoms with Crippen molar-refractivity contribution in [3.63, 3.8) is 0 Å². The van der Waals surface area contributed by atoms with E-state index in [1.807, 2.05) is 20.8 Å². The summed E-state index contributed by atoms with van der Waals surface area (Å²) in [5.74, 6) is 0.554. The number of aryl methyl sites for hydroxylation is 1. The highest BCUT2D eigenvalue weighted by Gasteiger charge is 2.24. The highest BCUT2D eigenvalue weighted by atomic mass is 32.2. The topological polar surface area (TPSA) is 75.7 Å². The Hall–Kier alpha value is -2.54. The number of sulfonamides is 1. The number of hydrogen-bond donors (Lipinski definition) is 1. The molecule has 0 bridgehead atoms. The van der Waals surface area contributed by atoms with Gasteiger partial charge in [0.15, 0.2) is 0 Å². The lowest BCUT2D eigenvalue weighted by atomic mass is 10.2. The van der Waals surface area contributed by atoms with E-state index in [-0.39, 0.29) is 16.9 Å². The molecule has 0 atom stereocenters. The molecule has 1 saturated heterocycles. The minimum Gasteiger partial charge on any atom is -0.489 e. The predicted molar refractivity (Wildman–Crippen MR) is 106 cm³/mol. The van der Waals surface area contributed by atoms with Crippen LogP contribution in [0.5, 0.6) is 5.75 Å². The first-order valence-corrected chi connectivity index (χ1v) is 10.5. The average molecular weight is 388 g/mol. The number of nitrogens with zero attached hydrogens (tertiary/aromatic N) is 1. The van der Waals surface area contributed by atoms with Crippen molar-refractivity contribution in [3.05, 3.63) is 48.0 Å². The number of amides is 1. The molecule has 3 rings (SSSR count). The fourth-order valence-electron chi connectivity index (χ4n) is 3.11. The molecule has 0 saturated carbocycles. The van der Waals surface area contributed by atoms with Crippen LogP contribution in [0.2, 0.25) is 0 Å². The van der Waals surface area contributed by atoms with Gasteiger partial charge in [0.05, 0.1) is 16.7 Å². The van der Waals surface area contributed by atoms with Gasteiger partial charge >= 0.3 is 0 Å². The van der Waals surface area contributed by atoms with Gasteiger partial charge in [-0.25, -0.2) is 8.42 Å². The van der Waals surface area contributed by atoms with Crippen LogP contribution in [-0.4, -0.2) is 27.0 Å². The summed E-state index contributed by atoms with van der Waals surface area (Å²) in [4.78, 5) is 13.8. The molecule has 1 amide bonds. The van der Waals surface area contributed by atoms with E-state index in [0.717, 1.165) is 17.7 Å². The van der Waals surface area contributed by atoms with E-state index in [0.29, 0.717) is 24.4 Å². The van der Waals surface area contributed by atoms with Gasteiger partial charge in [-0.1, -0.05) is 12.1 Å². The molecule has 7 heteroatoms. The molecule has 0 unspecified atom stereocenters. The number of carbonyl (C=O) groups is 1. The van der Waals surface area contributed by atoms with Crippen molar-refractivity contribution in [2.45, 2.75) is 44.6 Å². The second-order valence-electron chi connectivity index (χ2n) is 6.87. The number of carbonyl (C=O) groups excluding carboxylic acids is 1. The van der Waals surface area contributed by atoms with E-state index in [1.54, 1.807) is 41.3 Å². The molecule has 6 nitrogen and oxygen atoms in total. The van der Waals surface area contributed by atoms with E-state index in [2.05, 4.69) is 4.72 Å². The highest BCUT2D eigenvalue weighted by molar-refractivity contribution is 7.92. The second kappa shape index (κ2) is 7.60. The minimum atomic E-state index is -3.78. The molecular formula is C20H24N2O4S. The summed E-state index contributed by atoms with van der Waals surface area (Å²) in [6, 6.07) is 11.8. The van der Waals surface area contributed by atoms with Gasteiger partial charge in [-0.05, 0) is 63.1 Å². The van der Waals surface area contributed by atoms with Crippen molar-refractivity contribution in [2.24, 2.45) is 0 Å². The zero-order chi connectivity index (χ0) is 19.6. The first-order valence-electron chi connectivity index (χ1n) is 8.97. The Morgan fingerprint density at radius 2 is 1.89 bits per heavy atom. The van der Waals surface area contributed by atoms with E-state index in [9.17, 15) is 13.2 Å². The van der Waals surface area contributed by atoms with Gasteiger partial charge in [0, 0.05) is 18.7 Å². The zero-order valence-corrected chi connectivity index (χ0v) is 16.5. The zero-order valence-electron chi connectivity index (χ0n) is 15.7. The van der Waals surface area contributed by atoms with Crippen LogP contribution < -0.4 is 14.4 Å². The summed E-state index contributed by atoms with van der Waals surface area (Å²) in [6.07, 6.45) is 1.29. The van der Waals surface area contributed by atoms with Crippen molar-refractivity contribution in [3.8, 4) is 5.75 Å². The number of hydrogen-bond acceptors (Lipinski definition) is 4. The third-order valence-electron chi connectivity index (χ3n) is 4.34. The Kier molecular flexibility index (Phi) is 5.41. The third kappa shape index (κ3) is 4.24. The number of anilines is 2. The molecule has 2 aromatic rings. The summed E-state index contributed by atoms with van der Waals surface area (Å²) in [5, 5.41) is 0. The molecule has 1 heterocycles. The van der Waals surface area contributed by atoms with Crippen molar-refractivity contribution in [1.29, 1.82) is 0 Å². The van der Waals surface area contributed by atoms with E-state index in [4.69, 9.17) is 4.74 Å². The molecule has 0 aliphatic carbocycles.